The van der Waals surface area contributed by atoms with Crippen molar-refractivity contribution in [3.63, 3.8) is 0 Å². The number of rotatable bonds is 4. The molecule has 0 aliphatic carbocycles. The summed E-state index contributed by atoms with van der Waals surface area (Å²) in [5.41, 5.74) is 4.94. The standard InChI is InChI=1S/C15H21FN4O4S/c1-11(14(21)18-15(17)22)19-7-2-8-20(10-9-19)25(23,24)13-5-3-12(16)4-6-13/h3-6,11H,2,7-10H2,1H3,(H3,17,18,21,22). The Bertz CT molecular complexity index is 738. The van der Waals surface area contributed by atoms with Crippen LogP contribution in [-0.2, 0) is 14.8 Å². The van der Waals surface area contributed by atoms with Crippen molar-refractivity contribution in [1.82, 2.24) is 14.5 Å². The highest BCUT2D eigenvalue weighted by atomic mass is 32.2. The van der Waals surface area contributed by atoms with Crippen molar-refractivity contribution in [2.45, 2.75) is 24.3 Å². The Kier molecular flexibility index (Phi) is 6.09. The summed E-state index contributed by atoms with van der Waals surface area (Å²) in [5.74, 6) is -1.03. The molecule has 3 amide bonds. The molecule has 1 aliphatic rings. The lowest BCUT2D eigenvalue weighted by molar-refractivity contribution is -0.124. The highest BCUT2D eigenvalue weighted by molar-refractivity contribution is 7.89. The minimum absolute atomic E-state index is 0.0295. The number of amides is 3. The van der Waals surface area contributed by atoms with E-state index in [1.54, 1.807) is 11.8 Å². The predicted octanol–water partition coefficient (Wildman–Crippen LogP) is 0.106. The third-order valence-electron chi connectivity index (χ3n) is 4.11. The topological polar surface area (TPSA) is 113 Å². The second-order valence-electron chi connectivity index (χ2n) is 5.78. The maximum absolute atomic E-state index is 13.0. The van der Waals surface area contributed by atoms with E-state index in [1.807, 2.05) is 5.32 Å². The van der Waals surface area contributed by atoms with E-state index in [-0.39, 0.29) is 11.4 Å². The quantitative estimate of drug-likeness (QED) is 0.779. The Morgan fingerprint density at radius 1 is 1.16 bits per heavy atom. The number of hydrogen-bond donors (Lipinski definition) is 2. The molecule has 1 fully saturated rings. The number of benzene rings is 1. The first-order chi connectivity index (χ1) is 11.7. The van der Waals surface area contributed by atoms with Crippen LogP contribution < -0.4 is 11.1 Å². The summed E-state index contributed by atoms with van der Waals surface area (Å²) >= 11 is 0. The lowest BCUT2D eigenvalue weighted by atomic mass is 10.2. The fraction of sp³-hybridized carbons (Fsp3) is 0.467. The summed E-state index contributed by atoms with van der Waals surface area (Å²) < 4.78 is 39.6. The molecule has 1 saturated heterocycles. The van der Waals surface area contributed by atoms with Crippen molar-refractivity contribution >= 4 is 22.0 Å². The molecule has 2 rings (SSSR count). The maximum Gasteiger partial charge on any atom is 0.318 e. The van der Waals surface area contributed by atoms with Crippen LogP contribution in [0.25, 0.3) is 0 Å². The van der Waals surface area contributed by atoms with Gasteiger partial charge in [0.2, 0.25) is 15.9 Å². The molecule has 1 atom stereocenters. The van der Waals surface area contributed by atoms with Gasteiger partial charge < -0.3 is 5.73 Å². The molecule has 138 valence electrons. The number of urea groups is 1. The van der Waals surface area contributed by atoms with E-state index in [4.69, 9.17) is 5.73 Å². The lowest BCUT2D eigenvalue weighted by Gasteiger charge is -2.26. The first-order valence-electron chi connectivity index (χ1n) is 7.82. The SMILES string of the molecule is CC(C(=O)NC(N)=O)N1CCCN(S(=O)(=O)c2ccc(F)cc2)CC1. The van der Waals surface area contributed by atoms with Crippen LogP contribution in [0, 0.1) is 5.82 Å². The van der Waals surface area contributed by atoms with Gasteiger partial charge in [-0.05, 0) is 37.6 Å². The van der Waals surface area contributed by atoms with Gasteiger partial charge in [-0.3, -0.25) is 15.0 Å². The molecule has 0 radical (unpaired) electrons. The Labute approximate surface area is 145 Å². The van der Waals surface area contributed by atoms with Gasteiger partial charge in [-0.15, -0.1) is 0 Å². The molecule has 1 heterocycles. The van der Waals surface area contributed by atoms with Crippen molar-refractivity contribution in [2.24, 2.45) is 5.73 Å². The summed E-state index contributed by atoms with van der Waals surface area (Å²) in [4.78, 5) is 24.5. The highest BCUT2D eigenvalue weighted by Gasteiger charge is 2.30. The number of sulfonamides is 1. The Balaban J connectivity index is 2.06. The molecule has 0 aromatic heterocycles. The number of hydrogen-bond acceptors (Lipinski definition) is 5. The van der Waals surface area contributed by atoms with E-state index in [9.17, 15) is 22.4 Å². The first-order valence-corrected chi connectivity index (χ1v) is 9.26. The number of nitrogens with two attached hydrogens (primary N) is 1. The zero-order valence-corrected chi connectivity index (χ0v) is 14.6. The minimum Gasteiger partial charge on any atom is -0.351 e. The molecular formula is C15H21FN4O4S. The number of imide groups is 1. The summed E-state index contributed by atoms with van der Waals surface area (Å²) in [7, 11) is -3.73. The molecule has 0 spiro atoms. The number of carbonyl (C=O) groups excluding carboxylic acids is 2. The van der Waals surface area contributed by atoms with Gasteiger partial charge >= 0.3 is 6.03 Å². The second-order valence-corrected chi connectivity index (χ2v) is 7.71. The predicted molar refractivity (Wildman–Crippen MR) is 88.5 cm³/mol. The van der Waals surface area contributed by atoms with E-state index in [2.05, 4.69) is 0 Å². The minimum atomic E-state index is -3.73. The van der Waals surface area contributed by atoms with Crippen LogP contribution in [0.15, 0.2) is 29.2 Å². The molecule has 1 aliphatic heterocycles. The fourth-order valence-electron chi connectivity index (χ4n) is 2.69. The first kappa shape index (κ1) is 19.3. The third-order valence-corrected chi connectivity index (χ3v) is 6.03. The zero-order valence-electron chi connectivity index (χ0n) is 13.8. The summed E-state index contributed by atoms with van der Waals surface area (Å²) in [6.07, 6.45) is 0.522. The summed E-state index contributed by atoms with van der Waals surface area (Å²) in [6.45, 7) is 2.94. The molecule has 10 heteroatoms. The largest absolute Gasteiger partial charge is 0.351 e. The summed E-state index contributed by atoms with van der Waals surface area (Å²) in [5, 5.41) is 2.02. The Morgan fingerprint density at radius 2 is 1.80 bits per heavy atom. The van der Waals surface area contributed by atoms with E-state index < -0.39 is 33.8 Å². The van der Waals surface area contributed by atoms with Crippen LogP contribution in [0.1, 0.15) is 13.3 Å². The van der Waals surface area contributed by atoms with Crippen LogP contribution in [0.2, 0.25) is 0 Å². The number of nitrogens with one attached hydrogen (secondary N) is 1. The normalized spacial score (nSPS) is 18.3. The molecule has 1 unspecified atom stereocenters. The molecule has 1 aromatic rings. The van der Waals surface area contributed by atoms with Gasteiger partial charge in [0.25, 0.3) is 0 Å². The third kappa shape index (κ3) is 4.74. The van der Waals surface area contributed by atoms with Crippen LogP contribution in [0.3, 0.4) is 0 Å². The van der Waals surface area contributed by atoms with Crippen molar-refractivity contribution in [2.75, 3.05) is 26.2 Å². The van der Waals surface area contributed by atoms with Gasteiger partial charge in [0.1, 0.15) is 5.82 Å². The number of nitrogens with zero attached hydrogens (tertiary/aromatic N) is 2. The van der Waals surface area contributed by atoms with E-state index in [0.717, 1.165) is 12.1 Å². The Hall–Kier alpha value is -2.04. The number of primary amides is 1. The number of halogens is 1. The lowest BCUT2D eigenvalue weighted by Crippen LogP contribution is -2.49. The molecule has 0 saturated carbocycles. The van der Waals surface area contributed by atoms with Crippen LogP contribution in [0.4, 0.5) is 9.18 Å². The van der Waals surface area contributed by atoms with E-state index >= 15 is 0 Å². The highest BCUT2D eigenvalue weighted by Crippen LogP contribution is 2.18. The van der Waals surface area contributed by atoms with Crippen molar-refractivity contribution in [1.29, 1.82) is 0 Å². The average Bonchev–Trinajstić information content (AvgIpc) is 2.80. The maximum atomic E-state index is 13.0. The van der Waals surface area contributed by atoms with Gasteiger partial charge in [0, 0.05) is 26.2 Å². The average molecular weight is 372 g/mol. The monoisotopic (exact) mass is 372 g/mol. The molecule has 1 aromatic carbocycles. The van der Waals surface area contributed by atoms with Crippen LogP contribution in [-0.4, -0.2) is 61.8 Å². The van der Waals surface area contributed by atoms with Crippen molar-refractivity contribution < 1.29 is 22.4 Å². The molecule has 25 heavy (non-hydrogen) atoms. The molecule has 8 nitrogen and oxygen atoms in total. The van der Waals surface area contributed by atoms with Crippen LogP contribution in [0.5, 0.6) is 0 Å². The Morgan fingerprint density at radius 3 is 2.40 bits per heavy atom. The molecule has 0 bridgehead atoms. The zero-order chi connectivity index (χ0) is 18.6. The van der Waals surface area contributed by atoms with Crippen molar-refractivity contribution in [3.8, 4) is 0 Å². The molecule has 3 N–H and O–H groups in total. The van der Waals surface area contributed by atoms with Gasteiger partial charge in [-0.2, -0.15) is 4.31 Å². The fourth-order valence-corrected chi connectivity index (χ4v) is 4.16. The number of carbonyl (C=O) groups is 2. The van der Waals surface area contributed by atoms with E-state index in [1.165, 1.54) is 16.4 Å². The van der Waals surface area contributed by atoms with Gasteiger partial charge in [0.15, 0.2) is 0 Å². The van der Waals surface area contributed by atoms with Crippen molar-refractivity contribution in [3.05, 3.63) is 30.1 Å². The smallest absolute Gasteiger partial charge is 0.318 e. The van der Waals surface area contributed by atoms with E-state index in [0.29, 0.717) is 26.1 Å². The van der Waals surface area contributed by atoms with Crippen LogP contribution >= 0.6 is 0 Å². The van der Waals surface area contributed by atoms with Gasteiger partial charge in [-0.1, -0.05) is 0 Å². The molecular weight excluding hydrogens is 351 g/mol. The van der Waals surface area contributed by atoms with Gasteiger partial charge in [-0.25, -0.2) is 17.6 Å². The second kappa shape index (κ2) is 7.89. The van der Waals surface area contributed by atoms with Gasteiger partial charge in [0.05, 0.1) is 10.9 Å². The summed E-state index contributed by atoms with van der Waals surface area (Å²) in [6, 6.07) is 3.14.